The van der Waals surface area contributed by atoms with E-state index in [9.17, 15) is 0 Å². The molecule has 0 aromatic heterocycles. The highest BCUT2D eigenvalue weighted by Gasteiger charge is 2.20. The topological polar surface area (TPSA) is 9.23 Å². The molecule has 0 bridgehead atoms. The first kappa shape index (κ1) is 7.41. The van der Waals surface area contributed by atoms with Gasteiger partial charge in [0.2, 0.25) is 0 Å². The Morgan fingerprint density at radius 1 is 1.42 bits per heavy atom. The Labute approximate surface area is 72.7 Å². The van der Waals surface area contributed by atoms with Crippen LogP contribution in [0.2, 0.25) is 0 Å². The second-order valence-corrected chi connectivity index (χ2v) is 3.50. The van der Waals surface area contributed by atoms with Crippen LogP contribution in [0.1, 0.15) is 19.4 Å². The number of rotatable bonds is 0. The lowest BCUT2D eigenvalue weighted by atomic mass is 10.0. The minimum absolute atomic E-state index is 0.178. The molecule has 0 saturated heterocycles. The van der Waals surface area contributed by atoms with Gasteiger partial charge < -0.3 is 4.74 Å². The highest BCUT2D eigenvalue weighted by molar-refractivity contribution is 5.60. The molecule has 1 aliphatic rings. The van der Waals surface area contributed by atoms with Crippen LogP contribution in [0.4, 0.5) is 0 Å². The molecule has 12 heavy (non-hydrogen) atoms. The molecule has 1 aromatic rings. The first-order chi connectivity index (χ1) is 5.67. The molecule has 61 valence electrons. The molecule has 2 rings (SSSR count). The first-order valence-electron chi connectivity index (χ1n) is 4.06. The van der Waals surface area contributed by atoms with Gasteiger partial charge in [-0.3, -0.25) is 0 Å². The van der Waals surface area contributed by atoms with Crippen molar-refractivity contribution in [2.45, 2.75) is 19.4 Å². The van der Waals surface area contributed by atoms with Crippen molar-refractivity contribution in [3.05, 3.63) is 35.9 Å². The molecule has 0 spiro atoms. The largest absolute Gasteiger partial charge is 0.483 e. The standard InChI is InChI=1S/C11H11O/c1-11(2)8-7-9-5-3-4-6-10(9)12-11/h3,5-8H,1-2H3. The van der Waals surface area contributed by atoms with Gasteiger partial charge in [0.05, 0.1) is 0 Å². The highest BCUT2D eigenvalue weighted by Crippen LogP contribution is 2.29. The van der Waals surface area contributed by atoms with Crippen molar-refractivity contribution in [2.24, 2.45) is 0 Å². The SMILES string of the molecule is CC1(C)C=Cc2cc[c]cc2O1. The van der Waals surface area contributed by atoms with Crippen molar-refractivity contribution in [1.82, 2.24) is 0 Å². The number of fused-ring (bicyclic) bond motifs is 1. The zero-order chi connectivity index (χ0) is 8.60. The number of ether oxygens (including phenoxy) is 1. The van der Waals surface area contributed by atoms with E-state index in [2.05, 4.69) is 18.2 Å². The smallest absolute Gasteiger partial charge is 0.128 e. The second-order valence-electron chi connectivity index (χ2n) is 3.50. The third-order valence-electron chi connectivity index (χ3n) is 1.90. The average molecular weight is 159 g/mol. The summed E-state index contributed by atoms with van der Waals surface area (Å²) in [5, 5.41) is 0. The predicted molar refractivity (Wildman–Crippen MR) is 49.0 cm³/mol. The van der Waals surface area contributed by atoms with E-state index in [1.54, 1.807) is 0 Å². The van der Waals surface area contributed by atoms with Gasteiger partial charge in [-0.1, -0.05) is 18.2 Å². The van der Waals surface area contributed by atoms with Crippen molar-refractivity contribution in [1.29, 1.82) is 0 Å². The van der Waals surface area contributed by atoms with Crippen molar-refractivity contribution in [3.63, 3.8) is 0 Å². The molecule has 0 aliphatic carbocycles. The Hall–Kier alpha value is -1.24. The quantitative estimate of drug-likeness (QED) is 0.565. The van der Waals surface area contributed by atoms with Crippen LogP contribution in [-0.4, -0.2) is 5.60 Å². The first-order valence-corrected chi connectivity index (χ1v) is 4.06. The van der Waals surface area contributed by atoms with E-state index in [1.807, 2.05) is 32.0 Å². The molecule has 1 radical (unpaired) electrons. The van der Waals surface area contributed by atoms with Gasteiger partial charge in [0.25, 0.3) is 0 Å². The summed E-state index contributed by atoms with van der Waals surface area (Å²) in [5.74, 6) is 0.921. The van der Waals surface area contributed by atoms with E-state index in [0.29, 0.717) is 0 Å². The van der Waals surface area contributed by atoms with E-state index in [-0.39, 0.29) is 5.60 Å². The second kappa shape index (κ2) is 2.37. The zero-order valence-electron chi connectivity index (χ0n) is 7.29. The van der Waals surface area contributed by atoms with Crippen molar-refractivity contribution < 1.29 is 4.74 Å². The van der Waals surface area contributed by atoms with Gasteiger partial charge in [-0.15, -0.1) is 0 Å². The molecule has 1 nitrogen and oxygen atoms in total. The van der Waals surface area contributed by atoms with Crippen LogP contribution in [-0.2, 0) is 0 Å². The average Bonchev–Trinajstić information content (AvgIpc) is 2.02. The van der Waals surface area contributed by atoms with Crippen LogP contribution in [0.5, 0.6) is 5.75 Å². The van der Waals surface area contributed by atoms with Gasteiger partial charge in [-0.05, 0) is 32.1 Å². The number of benzene rings is 1. The summed E-state index contributed by atoms with van der Waals surface area (Å²) in [4.78, 5) is 0. The Kier molecular flexibility index (Phi) is 1.47. The molecule has 0 N–H and O–H groups in total. The lowest BCUT2D eigenvalue weighted by Gasteiger charge is -2.27. The molecular formula is C11H11O. The van der Waals surface area contributed by atoms with Crippen LogP contribution in [0, 0.1) is 6.07 Å². The maximum atomic E-state index is 5.70. The van der Waals surface area contributed by atoms with Gasteiger partial charge in [0.15, 0.2) is 0 Å². The summed E-state index contributed by atoms with van der Waals surface area (Å²) in [6, 6.07) is 8.77. The van der Waals surface area contributed by atoms with Crippen LogP contribution in [0.15, 0.2) is 24.3 Å². The fourth-order valence-electron chi connectivity index (χ4n) is 1.26. The van der Waals surface area contributed by atoms with Crippen LogP contribution in [0.3, 0.4) is 0 Å². The number of hydrogen-bond acceptors (Lipinski definition) is 1. The summed E-state index contributed by atoms with van der Waals surface area (Å²) in [5.41, 5.74) is 0.954. The molecule has 0 fully saturated rings. The summed E-state index contributed by atoms with van der Waals surface area (Å²) < 4.78 is 5.70. The normalized spacial score (nSPS) is 18.2. The lowest BCUT2D eigenvalue weighted by molar-refractivity contribution is 0.159. The predicted octanol–water partition coefficient (Wildman–Crippen LogP) is 2.67. The van der Waals surface area contributed by atoms with Crippen molar-refractivity contribution in [2.75, 3.05) is 0 Å². The lowest BCUT2D eigenvalue weighted by Crippen LogP contribution is -2.27. The zero-order valence-corrected chi connectivity index (χ0v) is 7.29. The molecular weight excluding hydrogens is 148 g/mol. The molecule has 0 atom stereocenters. The Bertz CT molecular complexity index is 324. The van der Waals surface area contributed by atoms with Gasteiger partial charge in [-0.2, -0.15) is 0 Å². The van der Waals surface area contributed by atoms with Gasteiger partial charge >= 0.3 is 0 Å². The molecule has 0 amide bonds. The monoisotopic (exact) mass is 159 g/mol. The van der Waals surface area contributed by atoms with E-state index in [1.165, 1.54) is 0 Å². The fourth-order valence-corrected chi connectivity index (χ4v) is 1.26. The minimum atomic E-state index is -0.178. The highest BCUT2D eigenvalue weighted by atomic mass is 16.5. The minimum Gasteiger partial charge on any atom is -0.483 e. The summed E-state index contributed by atoms with van der Waals surface area (Å²) >= 11 is 0. The van der Waals surface area contributed by atoms with Gasteiger partial charge in [-0.25, -0.2) is 0 Å². The van der Waals surface area contributed by atoms with E-state index in [0.717, 1.165) is 11.3 Å². The Morgan fingerprint density at radius 2 is 2.25 bits per heavy atom. The van der Waals surface area contributed by atoms with Crippen LogP contribution >= 0.6 is 0 Å². The van der Waals surface area contributed by atoms with E-state index in [4.69, 9.17) is 4.74 Å². The summed E-state index contributed by atoms with van der Waals surface area (Å²) in [7, 11) is 0. The third kappa shape index (κ3) is 1.22. The third-order valence-corrected chi connectivity index (χ3v) is 1.90. The van der Waals surface area contributed by atoms with Crippen molar-refractivity contribution in [3.8, 4) is 5.75 Å². The van der Waals surface area contributed by atoms with Crippen LogP contribution < -0.4 is 4.74 Å². The van der Waals surface area contributed by atoms with Crippen molar-refractivity contribution >= 4 is 6.08 Å². The summed E-state index contributed by atoms with van der Waals surface area (Å²) in [6.07, 6.45) is 4.15. The van der Waals surface area contributed by atoms with Gasteiger partial charge in [0, 0.05) is 5.56 Å². The Morgan fingerprint density at radius 3 is 3.08 bits per heavy atom. The number of hydrogen-bond donors (Lipinski definition) is 0. The molecule has 1 aromatic carbocycles. The van der Waals surface area contributed by atoms with Crippen LogP contribution in [0.25, 0.3) is 6.08 Å². The molecule has 1 aliphatic heterocycles. The summed E-state index contributed by atoms with van der Waals surface area (Å²) in [6.45, 7) is 4.08. The van der Waals surface area contributed by atoms with Gasteiger partial charge in [0.1, 0.15) is 11.4 Å². The maximum Gasteiger partial charge on any atom is 0.128 e. The fraction of sp³-hybridized carbons (Fsp3) is 0.273. The molecule has 0 saturated carbocycles. The molecule has 0 unspecified atom stereocenters. The molecule has 1 heterocycles. The maximum absolute atomic E-state index is 5.70. The van der Waals surface area contributed by atoms with E-state index >= 15 is 0 Å². The van der Waals surface area contributed by atoms with E-state index < -0.39 is 0 Å². The Balaban J connectivity index is 2.46. The molecule has 1 heteroatoms.